The van der Waals surface area contributed by atoms with Crippen LogP contribution < -0.4 is 14.2 Å². The molecule has 3 aromatic rings. The fourth-order valence-corrected chi connectivity index (χ4v) is 2.95. The van der Waals surface area contributed by atoms with E-state index in [1.165, 1.54) is 18.9 Å². The number of ether oxygens (including phenoxy) is 3. The maximum atomic E-state index is 14.6. The van der Waals surface area contributed by atoms with Gasteiger partial charge in [-0.3, -0.25) is 0 Å². The van der Waals surface area contributed by atoms with Crippen molar-refractivity contribution >= 4 is 0 Å². The van der Waals surface area contributed by atoms with Crippen LogP contribution in [0.1, 0.15) is 37.1 Å². The molecule has 170 valence electrons. The highest BCUT2D eigenvalue weighted by Gasteiger charge is 2.22. The zero-order valence-electron chi connectivity index (χ0n) is 17.8. The molecule has 0 bridgehead atoms. The zero-order valence-corrected chi connectivity index (χ0v) is 17.8. The van der Waals surface area contributed by atoms with Gasteiger partial charge in [0, 0.05) is 29.2 Å². The lowest BCUT2D eigenvalue weighted by Gasteiger charge is -2.12. The second-order valence-electron chi connectivity index (χ2n) is 7.66. The predicted molar refractivity (Wildman–Crippen MR) is 115 cm³/mol. The number of halogens is 2. The number of rotatable bonds is 10. The van der Waals surface area contributed by atoms with Crippen LogP contribution in [-0.2, 0) is 6.61 Å². The van der Waals surface area contributed by atoms with Crippen molar-refractivity contribution in [3.05, 3.63) is 81.9 Å². The third kappa shape index (κ3) is 6.08. The van der Waals surface area contributed by atoms with Crippen LogP contribution in [-0.4, -0.2) is 16.8 Å². The minimum atomic E-state index is -0.812. The molecule has 0 N–H and O–H groups in total. The van der Waals surface area contributed by atoms with Crippen LogP contribution in [0.5, 0.6) is 23.1 Å². The SMILES string of the molecule is CC(N=[N+]=[N-])c1ccc(OCc2c(F)cc(Oc3cccc(OCC4CC4)c3)cc2F)nn1. The largest absolute Gasteiger partial charge is 0.493 e. The van der Waals surface area contributed by atoms with E-state index in [1.807, 2.05) is 6.07 Å². The monoisotopic (exact) mass is 453 g/mol. The lowest BCUT2D eigenvalue weighted by Crippen LogP contribution is -2.05. The van der Waals surface area contributed by atoms with Crippen molar-refractivity contribution in [3.8, 4) is 23.1 Å². The third-order valence-corrected chi connectivity index (χ3v) is 5.02. The van der Waals surface area contributed by atoms with Gasteiger partial charge in [0.2, 0.25) is 5.88 Å². The normalized spacial score (nSPS) is 13.7. The van der Waals surface area contributed by atoms with Gasteiger partial charge in [-0.05, 0) is 42.5 Å². The van der Waals surface area contributed by atoms with E-state index in [4.69, 9.17) is 19.7 Å². The lowest BCUT2D eigenvalue weighted by atomic mass is 10.2. The zero-order chi connectivity index (χ0) is 23.2. The predicted octanol–water partition coefficient (Wildman–Crippen LogP) is 6.29. The van der Waals surface area contributed by atoms with Gasteiger partial charge in [-0.2, -0.15) is 5.10 Å². The molecular weight excluding hydrogens is 432 g/mol. The van der Waals surface area contributed by atoms with Crippen LogP contribution in [0.4, 0.5) is 8.78 Å². The minimum absolute atomic E-state index is 0.0178. The number of aromatic nitrogens is 2. The van der Waals surface area contributed by atoms with Gasteiger partial charge in [0.15, 0.2) is 0 Å². The molecule has 33 heavy (non-hydrogen) atoms. The molecule has 8 nitrogen and oxygen atoms in total. The second kappa shape index (κ2) is 10.1. The van der Waals surface area contributed by atoms with E-state index >= 15 is 0 Å². The first-order chi connectivity index (χ1) is 16.0. The molecule has 4 rings (SSSR count). The van der Waals surface area contributed by atoms with Gasteiger partial charge in [-0.15, -0.1) is 5.10 Å². The summed E-state index contributed by atoms with van der Waals surface area (Å²) >= 11 is 0. The summed E-state index contributed by atoms with van der Waals surface area (Å²) in [4.78, 5) is 2.71. The molecule has 10 heteroatoms. The van der Waals surface area contributed by atoms with E-state index in [-0.39, 0.29) is 23.8 Å². The summed E-state index contributed by atoms with van der Waals surface area (Å²) in [6, 6.07) is 11.7. The first kappa shape index (κ1) is 22.3. The molecule has 1 atom stereocenters. The fourth-order valence-electron chi connectivity index (χ4n) is 2.95. The van der Waals surface area contributed by atoms with Crippen LogP contribution in [0.2, 0.25) is 0 Å². The van der Waals surface area contributed by atoms with Crippen molar-refractivity contribution in [2.24, 2.45) is 11.0 Å². The standard InChI is InChI=1S/C23H21F2N5O3/c1-14(27-30-26)22-7-8-23(29-28-22)32-13-19-20(24)10-18(11-21(19)25)33-17-4-2-3-16(9-17)31-12-15-5-6-15/h2-4,7-11,14-15H,5-6,12-13H2,1H3. The molecule has 1 unspecified atom stereocenters. The van der Waals surface area contributed by atoms with E-state index < -0.39 is 17.7 Å². The van der Waals surface area contributed by atoms with Gasteiger partial charge in [0.25, 0.3) is 0 Å². The Morgan fingerprint density at radius 2 is 1.79 bits per heavy atom. The Morgan fingerprint density at radius 3 is 2.45 bits per heavy atom. The van der Waals surface area contributed by atoms with E-state index in [2.05, 4.69) is 20.2 Å². The summed E-state index contributed by atoms with van der Waals surface area (Å²) in [6.45, 7) is 1.93. The molecule has 0 radical (unpaired) electrons. The van der Waals surface area contributed by atoms with Crippen molar-refractivity contribution in [1.29, 1.82) is 0 Å². The second-order valence-corrected chi connectivity index (χ2v) is 7.66. The Balaban J connectivity index is 1.39. The van der Waals surface area contributed by atoms with Crippen LogP contribution in [0.15, 0.2) is 53.6 Å². The highest BCUT2D eigenvalue weighted by molar-refractivity contribution is 5.38. The maximum absolute atomic E-state index is 14.6. The molecule has 1 aliphatic carbocycles. The molecule has 0 spiro atoms. The molecule has 0 amide bonds. The fraction of sp³-hybridized carbons (Fsp3) is 0.304. The first-order valence-electron chi connectivity index (χ1n) is 10.4. The maximum Gasteiger partial charge on any atom is 0.233 e. The summed E-state index contributed by atoms with van der Waals surface area (Å²) in [7, 11) is 0. The summed E-state index contributed by atoms with van der Waals surface area (Å²) < 4.78 is 45.8. The van der Waals surface area contributed by atoms with E-state index in [9.17, 15) is 8.78 Å². The highest BCUT2D eigenvalue weighted by atomic mass is 19.1. The molecule has 1 heterocycles. The Morgan fingerprint density at radius 1 is 1.03 bits per heavy atom. The Labute approximate surface area is 188 Å². The van der Waals surface area contributed by atoms with Crippen molar-refractivity contribution < 1.29 is 23.0 Å². The van der Waals surface area contributed by atoms with Crippen molar-refractivity contribution in [2.45, 2.75) is 32.4 Å². The molecule has 1 fully saturated rings. The van der Waals surface area contributed by atoms with Crippen molar-refractivity contribution in [3.63, 3.8) is 0 Å². The quantitative estimate of drug-likeness (QED) is 0.204. The molecular formula is C23H21F2N5O3. The number of azide groups is 1. The number of hydrogen-bond donors (Lipinski definition) is 0. The van der Waals surface area contributed by atoms with Gasteiger partial charge in [-0.25, -0.2) is 8.78 Å². The summed E-state index contributed by atoms with van der Waals surface area (Å²) in [6.07, 6.45) is 2.36. The molecule has 1 aromatic heterocycles. The van der Waals surface area contributed by atoms with Crippen molar-refractivity contribution in [2.75, 3.05) is 6.61 Å². The Bertz CT molecular complexity index is 1140. The van der Waals surface area contributed by atoms with Gasteiger partial charge in [-0.1, -0.05) is 18.1 Å². The Hall–Kier alpha value is -3.91. The van der Waals surface area contributed by atoms with Gasteiger partial charge in [0.1, 0.15) is 35.5 Å². The topological polar surface area (TPSA) is 102 Å². The van der Waals surface area contributed by atoms with Crippen LogP contribution in [0, 0.1) is 17.6 Å². The van der Waals surface area contributed by atoms with E-state index in [0.29, 0.717) is 29.7 Å². The molecule has 2 aromatic carbocycles. The smallest absolute Gasteiger partial charge is 0.233 e. The highest BCUT2D eigenvalue weighted by Crippen LogP contribution is 2.32. The third-order valence-electron chi connectivity index (χ3n) is 5.02. The number of hydrogen-bond acceptors (Lipinski definition) is 6. The van der Waals surface area contributed by atoms with Crippen LogP contribution in [0.3, 0.4) is 0 Å². The first-order valence-corrected chi connectivity index (χ1v) is 10.4. The summed E-state index contributed by atoms with van der Waals surface area (Å²) in [5, 5.41) is 11.2. The molecule has 1 aliphatic rings. The van der Waals surface area contributed by atoms with Crippen LogP contribution in [0.25, 0.3) is 10.4 Å². The van der Waals surface area contributed by atoms with Crippen molar-refractivity contribution in [1.82, 2.24) is 10.2 Å². The lowest BCUT2D eigenvalue weighted by molar-refractivity contribution is 0.277. The minimum Gasteiger partial charge on any atom is -0.493 e. The van der Waals surface area contributed by atoms with E-state index in [1.54, 1.807) is 31.2 Å². The average Bonchev–Trinajstić information content (AvgIpc) is 3.63. The van der Waals surface area contributed by atoms with Gasteiger partial charge < -0.3 is 14.2 Å². The van der Waals surface area contributed by atoms with Crippen LogP contribution >= 0.6 is 0 Å². The summed E-state index contributed by atoms with van der Waals surface area (Å²) in [5.74, 6) is 0.138. The summed E-state index contributed by atoms with van der Waals surface area (Å²) in [5.41, 5.74) is 8.65. The van der Waals surface area contributed by atoms with E-state index in [0.717, 1.165) is 12.1 Å². The van der Waals surface area contributed by atoms with Gasteiger partial charge in [0.05, 0.1) is 23.9 Å². The average molecular weight is 453 g/mol. The molecule has 0 aliphatic heterocycles. The molecule has 1 saturated carbocycles. The number of benzene rings is 2. The Kier molecular flexibility index (Phi) is 6.85. The molecule has 0 saturated heterocycles. The number of nitrogens with zero attached hydrogens (tertiary/aromatic N) is 5. The van der Waals surface area contributed by atoms with Gasteiger partial charge >= 0.3 is 0 Å².